The molecular formula is C23H19N5S. The lowest BCUT2D eigenvalue weighted by Crippen LogP contribution is -2.02. The molecule has 4 rings (SSSR count). The summed E-state index contributed by atoms with van der Waals surface area (Å²) in [5.74, 6) is 1.39. The lowest BCUT2D eigenvalue weighted by Gasteiger charge is -2.13. The van der Waals surface area contributed by atoms with Gasteiger partial charge in [-0.25, -0.2) is 0 Å². The molecule has 2 aromatic heterocycles. The maximum absolute atomic E-state index is 9.36. The van der Waals surface area contributed by atoms with Gasteiger partial charge in [0.15, 0.2) is 11.0 Å². The minimum atomic E-state index is 0.639. The highest BCUT2D eigenvalue weighted by Crippen LogP contribution is 2.31. The highest BCUT2D eigenvalue weighted by Gasteiger charge is 2.18. The second-order valence-corrected chi connectivity index (χ2v) is 7.67. The van der Waals surface area contributed by atoms with E-state index in [4.69, 9.17) is 0 Å². The van der Waals surface area contributed by atoms with Gasteiger partial charge in [0.05, 0.1) is 17.3 Å². The first-order valence-electron chi connectivity index (χ1n) is 9.21. The molecule has 142 valence electrons. The van der Waals surface area contributed by atoms with Crippen LogP contribution in [0.15, 0.2) is 72.1 Å². The Labute approximate surface area is 174 Å². The molecule has 5 nitrogen and oxygen atoms in total. The molecule has 0 fully saturated rings. The predicted octanol–water partition coefficient (Wildman–Crippen LogP) is 5.11. The van der Waals surface area contributed by atoms with Gasteiger partial charge in [-0.1, -0.05) is 47.7 Å². The summed E-state index contributed by atoms with van der Waals surface area (Å²) in [7, 11) is 0. The van der Waals surface area contributed by atoms with Crippen molar-refractivity contribution in [2.45, 2.75) is 24.8 Å². The van der Waals surface area contributed by atoms with Crippen LogP contribution < -0.4 is 0 Å². The number of rotatable bonds is 5. The SMILES string of the molecule is Cc1ccc(-n2c(SCc3ccccc3C#N)nnc2-c2cccnc2)c(C)c1. The normalized spacial score (nSPS) is 10.7. The first-order chi connectivity index (χ1) is 14.2. The van der Waals surface area contributed by atoms with Crippen molar-refractivity contribution in [1.29, 1.82) is 5.26 Å². The van der Waals surface area contributed by atoms with Crippen LogP contribution in [0.25, 0.3) is 17.1 Å². The molecular weight excluding hydrogens is 378 g/mol. The van der Waals surface area contributed by atoms with Gasteiger partial charge in [0.25, 0.3) is 0 Å². The number of pyridine rings is 1. The highest BCUT2D eigenvalue weighted by molar-refractivity contribution is 7.98. The Morgan fingerprint density at radius 3 is 2.66 bits per heavy atom. The zero-order valence-electron chi connectivity index (χ0n) is 16.2. The molecule has 0 atom stereocenters. The van der Waals surface area contributed by atoms with Gasteiger partial charge in [0.2, 0.25) is 0 Å². The Hall–Kier alpha value is -3.43. The molecule has 0 aliphatic rings. The summed E-state index contributed by atoms with van der Waals surface area (Å²) < 4.78 is 2.07. The maximum Gasteiger partial charge on any atom is 0.196 e. The second kappa shape index (κ2) is 8.29. The number of nitriles is 1. The van der Waals surface area contributed by atoms with Crippen molar-refractivity contribution < 1.29 is 0 Å². The molecule has 0 saturated heterocycles. The third kappa shape index (κ3) is 3.91. The molecule has 0 N–H and O–H groups in total. The number of aryl methyl sites for hydroxylation is 2. The van der Waals surface area contributed by atoms with Gasteiger partial charge in [-0.05, 0) is 49.2 Å². The van der Waals surface area contributed by atoms with E-state index < -0.39 is 0 Å². The Bertz CT molecular complexity index is 1190. The second-order valence-electron chi connectivity index (χ2n) is 6.73. The summed E-state index contributed by atoms with van der Waals surface area (Å²) in [5.41, 5.74) is 5.97. The van der Waals surface area contributed by atoms with Gasteiger partial charge >= 0.3 is 0 Å². The molecule has 2 aromatic carbocycles. The fraction of sp³-hybridized carbons (Fsp3) is 0.130. The average Bonchev–Trinajstić information content (AvgIpc) is 3.16. The number of nitrogens with zero attached hydrogens (tertiary/aromatic N) is 5. The number of hydrogen-bond acceptors (Lipinski definition) is 5. The van der Waals surface area contributed by atoms with E-state index in [0.29, 0.717) is 11.3 Å². The van der Waals surface area contributed by atoms with Crippen molar-refractivity contribution in [3.63, 3.8) is 0 Å². The Kier molecular flexibility index (Phi) is 5.41. The van der Waals surface area contributed by atoms with Gasteiger partial charge in [0.1, 0.15) is 0 Å². The fourth-order valence-electron chi connectivity index (χ4n) is 3.22. The van der Waals surface area contributed by atoms with Crippen molar-refractivity contribution in [3.05, 3.63) is 89.2 Å². The number of aromatic nitrogens is 4. The molecule has 29 heavy (non-hydrogen) atoms. The van der Waals surface area contributed by atoms with E-state index in [1.807, 2.05) is 36.4 Å². The van der Waals surface area contributed by atoms with Gasteiger partial charge in [-0.2, -0.15) is 5.26 Å². The molecule has 0 spiro atoms. The zero-order chi connectivity index (χ0) is 20.2. The molecule has 0 amide bonds. The molecule has 0 aliphatic heterocycles. The predicted molar refractivity (Wildman–Crippen MR) is 115 cm³/mol. The summed E-state index contributed by atoms with van der Waals surface area (Å²) in [4.78, 5) is 4.23. The van der Waals surface area contributed by atoms with Crippen LogP contribution in [0.3, 0.4) is 0 Å². The Morgan fingerprint density at radius 2 is 1.90 bits per heavy atom. The fourth-order valence-corrected chi connectivity index (χ4v) is 4.17. The molecule has 6 heteroatoms. The minimum absolute atomic E-state index is 0.639. The summed E-state index contributed by atoms with van der Waals surface area (Å²) in [5, 5.41) is 19.1. The lowest BCUT2D eigenvalue weighted by molar-refractivity contribution is 0.879. The van der Waals surface area contributed by atoms with Gasteiger partial charge in [0, 0.05) is 23.7 Å². The molecule has 0 unspecified atom stereocenters. The van der Waals surface area contributed by atoms with Crippen molar-refractivity contribution in [1.82, 2.24) is 19.7 Å². The third-order valence-electron chi connectivity index (χ3n) is 4.64. The van der Waals surface area contributed by atoms with Crippen LogP contribution in [0.2, 0.25) is 0 Å². The zero-order valence-corrected chi connectivity index (χ0v) is 17.0. The van der Waals surface area contributed by atoms with Crippen molar-refractivity contribution in [3.8, 4) is 23.1 Å². The van der Waals surface area contributed by atoms with E-state index >= 15 is 0 Å². The molecule has 0 saturated carbocycles. The van der Waals surface area contributed by atoms with Crippen molar-refractivity contribution in [2.75, 3.05) is 0 Å². The summed E-state index contributed by atoms with van der Waals surface area (Å²) in [6.45, 7) is 4.17. The Balaban J connectivity index is 1.78. The van der Waals surface area contributed by atoms with Crippen LogP contribution >= 0.6 is 11.8 Å². The summed E-state index contributed by atoms with van der Waals surface area (Å²) in [6, 6.07) is 20.1. The minimum Gasteiger partial charge on any atom is -0.270 e. The van der Waals surface area contributed by atoms with Gasteiger partial charge in [-0.15, -0.1) is 10.2 Å². The van der Waals surface area contributed by atoms with E-state index in [1.54, 1.807) is 24.2 Å². The van der Waals surface area contributed by atoms with Crippen molar-refractivity contribution >= 4 is 11.8 Å². The average molecular weight is 398 g/mol. The van der Waals surface area contributed by atoms with E-state index in [9.17, 15) is 5.26 Å². The number of hydrogen-bond donors (Lipinski definition) is 0. The molecule has 2 heterocycles. The largest absolute Gasteiger partial charge is 0.270 e. The summed E-state index contributed by atoms with van der Waals surface area (Å²) in [6.07, 6.45) is 3.54. The lowest BCUT2D eigenvalue weighted by atomic mass is 10.1. The van der Waals surface area contributed by atoms with Crippen LogP contribution in [0.4, 0.5) is 0 Å². The number of thioether (sulfide) groups is 1. The van der Waals surface area contributed by atoms with E-state index in [-0.39, 0.29) is 0 Å². The highest BCUT2D eigenvalue weighted by atomic mass is 32.2. The van der Waals surface area contributed by atoms with Crippen LogP contribution in [0, 0.1) is 25.2 Å². The van der Waals surface area contributed by atoms with Gasteiger partial charge < -0.3 is 0 Å². The number of benzene rings is 2. The van der Waals surface area contributed by atoms with Crippen LogP contribution in [-0.4, -0.2) is 19.7 Å². The van der Waals surface area contributed by atoms with Gasteiger partial charge in [-0.3, -0.25) is 9.55 Å². The van der Waals surface area contributed by atoms with Crippen LogP contribution in [-0.2, 0) is 5.75 Å². The topological polar surface area (TPSA) is 67.4 Å². The first kappa shape index (κ1) is 18.9. The van der Waals surface area contributed by atoms with E-state index in [0.717, 1.165) is 33.4 Å². The molecule has 0 radical (unpaired) electrons. The third-order valence-corrected chi connectivity index (χ3v) is 5.62. The maximum atomic E-state index is 9.36. The van der Waals surface area contributed by atoms with E-state index in [2.05, 4.69) is 57.9 Å². The van der Waals surface area contributed by atoms with E-state index in [1.165, 1.54) is 5.56 Å². The molecule has 0 aliphatic carbocycles. The smallest absolute Gasteiger partial charge is 0.196 e. The Morgan fingerprint density at radius 1 is 1.03 bits per heavy atom. The first-order valence-corrected chi connectivity index (χ1v) is 10.2. The standard InChI is InChI=1S/C23H19N5S/c1-16-9-10-21(17(2)12-16)28-22(19-8-5-11-25-14-19)26-27-23(28)29-15-20-7-4-3-6-18(20)13-24/h3-12,14H,15H2,1-2H3. The quantitative estimate of drug-likeness (QED) is 0.438. The van der Waals surface area contributed by atoms with Crippen LogP contribution in [0.1, 0.15) is 22.3 Å². The molecule has 0 bridgehead atoms. The van der Waals surface area contributed by atoms with Crippen LogP contribution in [0.5, 0.6) is 0 Å². The monoisotopic (exact) mass is 397 g/mol. The summed E-state index contributed by atoms with van der Waals surface area (Å²) >= 11 is 1.57. The van der Waals surface area contributed by atoms with Crippen molar-refractivity contribution in [2.24, 2.45) is 0 Å². The molecule has 4 aromatic rings.